The van der Waals surface area contributed by atoms with Gasteiger partial charge in [0.1, 0.15) is 5.76 Å². The van der Waals surface area contributed by atoms with Crippen molar-refractivity contribution in [3.8, 4) is 0 Å². The molecule has 1 heterocycles. The number of hydrogen-bond acceptors (Lipinski definition) is 4. The fraction of sp³-hybridized carbons (Fsp3) is 0.333. The van der Waals surface area contributed by atoms with E-state index in [9.17, 15) is 9.90 Å². The lowest BCUT2D eigenvalue weighted by atomic mass is 10.1. The molecule has 2 rings (SSSR count). The maximum Gasteiger partial charge on any atom is 0.253 e. The van der Waals surface area contributed by atoms with Crippen LogP contribution in [0.25, 0.3) is 0 Å². The monoisotopic (exact) mass is 274 g/mol. The topological polar surface area (TPSA) is 75.4 Å². The number of hydrogen-bond donors (Lipinski definition) is 2. The zero-order valence-corrected chi connectivity index (χ0v) is 11.6. The Bertz CT molecular complexity index is 559. The van der Waals surface area contributed by atoms with Crippen LogP contribution in [-0.2, 0) is 11.2 Å². The van der Waals surface area contributed by atoms with E-state index in [1.54, 1.807) is 24.3 Å². The maximum absolute atomic E-state index is 11.8. The molecule has 1 atom stereocenters. The van der Waals surface area contributed by atoms with Gasteiger partial charge in [-0.25, -0.2) is 0 Å². The summed E-state index contributed by atoms with van der Waals surface area (Å²) in [7, 11) is 0. The van der Waals surface area contributed by atoms with E-state index < -0.39 is 12.0 Å². The van der Waals surface area contributed by atoms with Gasteiger partial charge in [-0.2, -0.15) is 0 Å². The first-order chi connectivity index (χ1) is 9.59. The van der Waals surface area contributed by atoms with Gasteiger partial charge in [-0.15, -0.1) is 0 Å². The van der Waals surface area contributed by atoms with Crippen LogP contribution in [0.15, 0.2) is 34.9 Å². The van der Waals surface area contributed by atoms with Crippen LogP contribution in [0.2, 0.25) is 0 Å². The van der Waals surface area contributed by atoms with Gasteiger partial charge in [-0.05, 0) is 25.8 Å². The molecule has 0 radical (unpaired) electrons. The van der Waals surface area contributed by atoms with E-state index in [0.717, 1.165) is 17.0 Å². The third-order valence-corrected chi connectivity index (χ3v) is 3.22. The molecule has 0 saturated carbocycles. The Hall–Kier alpha value is -2.14. The first-order valence-corrected chi connectivity index (χ1v) is 6.52. The van der Waals surface area contributed by atoms with Crippen molar-refractivity contribution in [1.29, 1.82) is 0 Å². The van der Waals surface area contributed by atoms with Crippen molar-refractivity contribution in [2.75, 3.05) is 6.54 Å². The molecular weight excluding hydrogens is 256 g/mol. The minimum atomic E-state index is -1.14. The van der Waals surface area contributed by atoms with E-state index in [2.05, 4.69) is 10.5 Å². The summed E-state index contributed by atoms with van der Waals surface area (Å²) in [5.41, 5.74) is 2.42. The van der Waals surface area contributed by atoms with Gasteiger partial charge in [0.15, 0.2) is 6.10 Å². The predicted octanol–water partition coefficient (Wildman–Crippen LogP) is 1.68. The quantitative estimate of drug-likeness (QED) is 0.870. The van der Waals surface area contributed by atoms with Crippen molar-refractivity contribution >= 4 is 5.91 Å². The zero-order valence-electron chi connectivity index (χ0n) is 11.6. The third-order valence-electron chi connectivity index (χ3n) is 3.22. The van der Waals surface area contributed by atoms with Crippen LogP contribution in [0.1, 0.15) is 28.7 Å². The van der Waals surface area contributed by atoms with E-state index in [-0.39, 0.29) is 0 Å². The Morgan fingerprint density at radius 3 is 2.65 bits per heavy atom. The highest BCUT2D eigenvalue weighted by Gasteiger charge is 2.17. The molecule has 5 heteroatoms. The summed E-state index contributed by atoms with van der Waals surface area (Å²) in [4.78, 5) is 11.8. The number of carbonyl (C=O) groups is 1. The van der Waals surface area contributed by atoms with Crippen molar-refractivity contribution < 1.29 is 14.4 Å². The number of aliphatic hydroxyl groups is 1. The van der Waals surface area contributed by atoms with Gasteiger partial charge < -0.3 is 14.9 Å². The molecule has 1 aromatic carbocycles. The highest BCUT2D eigenvalue weighted by atomic mass is 16.5. The summed E-state index contributed by atoms with van der Waals surface area (Å²) in [6, 6.07) is 8.86. The molecule has 0 saturated heterocycles. The molecule has 5 nitrogen and oxygen atoms in total. The van der Waals surface area contributed by atoms with Gasteiger partial charge in [0.05, 0.1) is 5.69 Å². The Kier molecular flexibility index (Phi) is 4.53. The van der Waals surface area contributed by atoms with Crippen LogP contribution in [0.5, 0.6) is 0 Å². The Balaban J connectivity index is 1.87. The molecule has 0 fully saturated rings. The first kappa shape index (κ1) is 14.3. The fourth-order valence-corrected chi connectivity index (χ4v) is 2.05. The number of aromatic nitrogens is 1. The van der Waals surface area contributed by atoms with E-state index in [1.807, 2.05) is 19.9 Å². The highest BCUT2D eigenvalue weighted by Crippen LogP contribution is 2.13. The summed E-state index contributed by atoms with van der Waals surface area (Å²) in [6.45, 7) is 4.15. The Labute approximate surface area is 117 Å². The van der Waals surface area contributed by atoms with Crippen LogP contribution < -0.4 is 5.32 Å². The molecule has 0 spiro atoms. The maximum atomic E-state index is 11.8. The van der Waals surface area contributed by atoms with Crippen LogP contribution >= 0.6 is 0 Å². The molecule has 0 aliphatic heterocycles. The molecule has 1 amide bonds. The number of rotatable bonds is 5. The molecule has 1 unspecified atom stereocenters. The lowest BCUT2D eigenvalue weighted by Gasteiger charge is -2.11. The number of aliphatic hydroxyl groups excluding tert-OH is 1. The molecular formula is C15H18N2O3. The number of nitrogens with zero attached hydrogens (tertiary/aromatic N) is 1. The van der Waals surface area contributed by atoms with Crippen molar-refractivity contribution in [3.05, 3.63) is 52.9 Å². The van der Waals surface area contributed by atoms with Crippen molar-refractivity contribution in [2.45, 2.75) is 26.4 Å². The van der Waals surface area contributed by atoms with Gasteiger partial charge in [-0.1, -0.05) is 35.5 Å². The highest BCUT2D eigenvalue weighted by molar-refractivity contribution is 5.81. The van der Waals surface area contributed by atoms with E-state index in [1.165, 1.54) is 0 Å². The van der Waals surface area contributed by atoms with Crippen molar-refractivity contribution in [1.82, 2.24) is 10.5 Å². The second kappa shape index (κ2) is 6.34. The molecule has 106 valence electrons. The lowest BCUT2D eigenvalue weighted by molar-refractivity contribution is -0.129. The van der Waals surface area contributed by atoms with E-state index in [4.69, 9.17) is 4.52 Å². The second-order valence-electron chi connectivity index (χ2n) is 4.66. The number of amides is 1. The van der Waals surface area contributed by atoms with Crippen molar-refractivity contribution in [2.24, 2.45) is 0 Å². The minimum absolute atomic E-state index is 0.400. The van der Waals surface area contributed by atoms with Crippen LogP contribution in [0.4, 0.5) is 0 Å². The minimum Gasteiger partial charge on any atom is -0.378 e. The SMILES string of the molecule is Cc1noc(C)c1CCNC(=O)C(O)c1ccccc1. The summed E-state index contributed by atoms with van der Waals surface area (Å²) >= 11 is 0. The zero-order chi connectivity index (χ0) is 14.5. The van der Waals surface area contributed by atoms with Gasteiger partial charge in [-0.3, -0.25) is 4.79 Å². The molecule has 20 heavy (non-hydrogen) atoms. The number of aryl methyl sites for hydroxylation is 2. The van der Waals surface area contributed by atoms with Gasteiger partial charge in [0, 0.05) is 12.1 Å². The Morgan fingerprint density at radius 1 is 1.35 bits per heavy atom. The molecule has 1 aromatic heterocycles. The normalized spacial score (nSPS) is 12.2. The number of carbonyl (C=O) groups excluding carboxylic acids is 1. The average molecular weight is 274 g/mol. The summed E-state index contributed by atoms with van der Waals surface area (Å²) < 4.78 is 5.06. The van der Waals surface area contributed by atoms with Gasteiger partial charge >= 0.3 is 0 Å². The van der Waals surface area contributed by atoms with Gasteiger partial charge in [0.25, 0.3) is 5.91 Å². The standard InChI is InChI=1S/C15H18N2O3/c1-10-13(11(2)20-17-10)8-9-16-15(19)14(18)12-6-4-3-5-7-12/h3-7,14,18H,8-9H2,1-2H3,(H,16,19). The molecule has 0 aliphatic carbocycles. The first-order valence-electron chi connectivity index (χ1n) is 6.52. The average Bonchev–Trinajstić information content (AvgIpc) is 2.79. The van der Waals surface area contributed by atoms with Gasteiger partial charge in [0.2, 0.25) is 0 Å². The van der Waals surface area contributed by atoms with E-state index in [0.29, 0.717) is 18.5 Å². The summed E-state index contributed by atoms with van der Waals surface area (Å²) in [6.07, 6.45) is -0.505. The van der Waals surface area contributed by atoms with E-state index >= 15 is 0 Å². The number of benzene rings is 1. The van der Waals surface area contributed by atoms with Crippen LogP contribution in [0.3, 0.4) is 0 Å². The summed E-state index contributed by atoms with van der Waals surface area (Å²) in [5.74, 6) is 0.364. The largest absolute Gasteiger partial charge is 0.378 e. The molecule has 0 bridgehead atoms. The third kappa shape index (κ3) is 3.24. The molecule has 0 aliphatic rings. The van der Waals surface area contributed by atoms with Crippen LogP contribution in [-0.4, -0.2) is 22.7 Å². The number of nitrogens with one attached hydrogen (secondary N) is 1. The Morgan fingerprint density at radius 2 is 2.05 bits per heavy atom. The predicted molar refractivity (Wildman–Crippen MR) is 74.1 cm³/mol. The fourth-order valence-electron chi connectivity index (χ4n) is 2.05. The molecule has 2 N–H and O–H groups in total. The summed E-state index contributed by atoms with van der Waals surface area (Å²) in [5, 5.41) is 16.5. The molecule has 2 aromatic rings. The lowest BCUT2D eigenvalue weighted by Crippen LogP contribution is -2.31. The van der Waals surface area contributed by atoms with Crippen LogP contribution in [0, 0.1) is 13.8 Å². The smallest absolute Gasteiger partial charge is 0.253 e. The second-order valence-corrected chi connectivity index (χ2v) is 4.66. The van der Waals surface area contributed by atoms with Crippen molar-refractivity contribution in [3.63, 3.8) is 0 Å².